The molecule has 0 unspecified atom stereocenters. The minimum Gasteiger partial charge on any atom is -0.435 e. The molecule has 0 atom stereocenters. The maximum Gasteiger partial charge on any atom is 0.237 e. The Hall–Kier alpha value is -2.93. The van der Waals surface area contributed by atoms with Crippen molar-refractivity contribution in [2.45, 2.75) is 13.8 Å². The molecule has 3 aromatic rings. The highest BCUT2D eigenvalue weighted by Crippen LogP contribution is 2.30. The maximum absolute atomic E-state index is 9.30. The Labute approximate surface area is 122 Å². The molecule has 0 saturated heterocycles. The zero-order valence-corrected chi connectivity index (χ0v) is 11.8. The number of para-hydroxylation sites is 1. The summed E-state index contributed by atoms with van der Waals surface area (Å²) in [7, 11) is 0. The highest BCUT2D eigenvalue weighted by molar-refractivity contribution is 5.84. The van der Waals surface area contributed by atoms with Gasteiger partial charge in [0, 0.05) is 17.3 Å². The lowest BCUT2D eigenvalue weighted by Gasteiger charge is -2.10. The van der Waals surface area contributed by atoms with E-state index in [4.69, 9.17) is 4.74 Å². The van der Waals surface area contributed by atoms with Crippen molar-refractivity contribution in [3.8, 4) is 17.7 Å². The van der Waals surface area contributed by atoms with Crippen molar-refractivity contribution in [1.82, 2.24) is 9.97 Å². The number of nitriles is 1. The van der Waals surface area contributed by atoms with E-state index in [9.17, 15) is 5.26 Å². The third kappa shape index (κ3) is 2.41. The average molecular weight is 275 g/mol. The van der Waals surface area contributed by atoms with Crippen LogP contribution in [0.15, 0.2) is 42.6 Å². The van der Waals surface area contributed by atoms with Gasteiger partial charge in [-0.2, -0.15) is 5.26 Å². The van der Waals surface area contributed by atoms with E-state index in [0.29, 0.717) is 17.2 Å². The fourth-order valence-electron chi connectivity index (χ4n) is 2.28. The molecule has 0 bridgehead atoms. The second kappa shape index (κ2) is 5.22. The molecule has 1 aromatic carbocycles. The largest absolute Gasteiger partial charge is 0.435 e. The fraction of sp³-hybridized carbons (Fsp3) is 0.118. The Morgan fingerprint density at radius 3 is 2.76 bits per heavy atom. The van der Waals surface area contributed by atoms with E-state index in [1.807, 2.05) is 50.2 Å². The van der Waals surface area contributed by atoms with E-state index in [2.05, 4.69) is 16.0 Å². The minimum absolute atomic E-state index is 0.327. The van der Waals surface area contributed by atoms with Gasteiger partial charge in [0.25, 0.3) is 0 Å². The molecule has 102 valence electrons. The molecule has 0 fully saturated rings. The van der Waals surface area contributed by atoms with Gasteiger partial charge < -0.3 is 4.74 Å². The quantitative estimate of drug-likeness (QED) is 0.711. The summed E-state index contributed by atoms with van der Waals surface area (Å²) in [5.74, 6) is 0.926. The van der Waals surface area contributed by atoms with Crippen LogP contribution in [0.2, 0.25) is 0 Å². The van der Waals surface area contributed by atoms with E-state index in [1.54, 1.807) is 6.20 Å². The van der Waals surface area contributed by atoms with E-state index in [0.717, 1.165) is 22.2 Å². The lowest BCUT2D eigenvalue weighted by Crippen LogP contribution is -1.97. The van der Waals surface area contributed by atoms with Gasteiger partial charge in [-0.05, 0) is 37.6 Å². The van der Waals surface area contributed by atoms with Crippen LogP contribution in [0.25, 0.3) is 10.9 Å². The third-order valence-electron chi connectivity index (χ3n) is 3.23. The minimum atomic E-state index is 0.327. The van der Waals surface area contributed by atoms with E-state index in [-0.39, 0.29) is 0 Å². The molecule has 0 amide bonds. The molecular weight excluding hydrogens is 262 g/mol. The van der Waals surface area contributed by atoms with Crippen LogP contribution in [0.5, 0.6) is 11.6 Å². The van der Waals surface area contributed by atoms with E-state index in [1.165, 1.54) is 0 Å². The van der Waals surface area contributed by atoms with Crippen LogP contribution in [-0.2, 0) is 0 Å². The molecule has 0 N–H and O–H groups in total. The number of pyridine rings is 2. The van der Waals surface area contributed by atoms with Gasteiger partial charge in [-0.25, -0.2) is 4.98 Å². The second-order valence-electron chi connectivity index (χ2n) is 4.81. The van der Waals surface area contributed by atoms with Crippen LogP contribution >= 0.6 is 0 Å². The summed E-state index contributed by atoms with van der Waals surface area (Å²) in [6.07, 6.45) is 1.72. The number of ether oxygens (including phenoxy) is 1. The molecule has 21 heavy (non-hydrogen) atoms. The van der Waals surface area contributed by atoms with E-state index >= 15 is 0 Å². The van der Waals surface area contributed by atoms with Crippen LogP contribution in [0.1, 0.15) is 16.8 Å². The summed E-state index contributed by atoms with van der Waals surface area (Å²) in [6.45, 7) is 3.75. The summed E-state index contributed by atoms with van der Waals surface area (Å²) < 4.78 is 5.88. The Morgan fingerprint density at radius 2 is 1.95 bits per heavy atom. The highest BCUT2D eigenvalue weighted by Gasteiger charge is 2.12. The zero-order chi connectivity index (χ0) is 14.8. The van der Waals surface area contributed by atoms with Gasteiger partial charge in [-0.15, -0.1) is 0 Å². The van der Waals surface area contributed by atoms with Crippen molar-refractivity contribution in [2.24, 2.45) is 0 Å². The maximum atomic E-state index is 9.30. The SMILES string of the molecule is Cc1cc(C)c(C#N)c(Oc2cccc3cccnc23)n1. The first-order chi connectivity index (χ1) is 10.2. The first-order valence-corrected chi connectivity index (χ1v) is 6.59. The first-order valence-electron chi connectivity index (χ1n) is 6.59. The molecule has 4 heteroatoms. The molecule has 0 spiro atoms. The standard InChI is InChI=1S/C17H13N3O/c1-11-9-12(2)20-17(14(11)10-18)21-15-7-3-5-13-6-4-8-19-16(13)15/h3-9H,1-2H3. The summed E-state index contributed by atoms with van der Waals surface area (Å²) in [6, 6.07) is 13.6. The van der Waals surface area contributed by atoms with Gasteiger partial charge in [0.15, 0.2) is 5.75 Å². The summed E-state index contributed by atoms with van der Waals surface area (Å²) in [4.78, 5) is 8.68. The van der Waals surface area contributed by atoms with Crippen molar-refractivity contribution < 1.29 is 4.74 Å². The third-order valence-corrected chi connectivity index (χ3v) is 3.23. The molecule has 0 aliphatic carbocycles. The van der Waals surface area contributed by atoms with Crippen LogP contribution in [0.4, 0.5) is 0 Å². The van der Waals surface area contributed by atoms with E-state index < -0.39 is 0 Å². The van der Waals surface area contributed by atoms with Gasteiger partial charge in [-0.3, -0.25) is 4.98 Å². The van der Waals surface area contributed by atoms with Gasteiger partial charge in [0.2, 0.25) is 5.88 Å². The average Bonchev–Trinajstić information content (AvgIpc) is 2.47. The topological polar surface area (TPSA) is 58.8 Å². The Balaban J connectivity index is 2.14. The van der Waals surface area contributed by atoms with Crippen LogP contribution < -0.4 is 4.74 Å². The van der Waals surface area contributed by atoms with Crippen molar-refractivity contribution in [3.05, 3.63) is 59.4 Å². The molecule has 2 aromatic heterocycles. The lowest BCUT2D eigenvalue weighted by molar-refractivity contribution is 0.463. The Kier molecular flexibility index (Phi) is 3.25. The number of aromatic nitrogens is 2. The number of hydrogen-bond donors (Lipinski definition) is 0. The predicted molar refractivity (Wildman–Crippen MR) is 80.2 cm³/mol. The molecule has 4 nitrogen and oxygen atoms in total. The predicted octanol–water partition coefficient (Wildman–Crippen LogP) is 3.91. The molecule has 0 aliphatic rings. The van der Waals surface area contributed by atoms with Gasteiger partial charge >= 0.3 is 0 Å². The smallest absolute Gasteiger partial charge is 0.237 e. The van der Waals surface area contributed by atoms with Crippen LogP contribution in [0.3, 0.4) is 0 Å². The summed E-state index contributed by atoms with van der Waals surface area (Å²) >= 11 is 0. The summed E-state index contributed by atoms with van der Waals surface area (Å²) in [5.41, 5.74) is 2.88. The number of benzene rings is 1. The van der Waals surface area contributed by atoms with Crippen molar-refractivity contribution in [3.63, 3.8) is 0 Å². The number of hydrogen-bond acceptors (Lipinski definition) is 4. The van der Waals surface area contributed by atoms with Crippen molar-refractivity contribution >= 4 is 10.9 Å². The summed E-state index contributed by atoms with van der Waals surface area (Å²) in [5, 5.41) is 10.3. The van der Waals surface area contributed by atoms with Crippen molar-refractivity contribution in [1.29, 1.82) is 5.26 Å². The normalized spacial score (nSPS) is 10.3. The highest BCUT2D eigenvalue weighted by atomic mass is 16.5. The fourth-order valence-corrected chi connectivity index (χ4v) is 2.28. The number of fused-ring (bicyclic) bond motifs is 1. The lowest BCUT2D eigenvalue weighted by atomic mass is 10.1. The molecule has 0 saturated carbocycles. The van der Waals surface area contributed by atoms with Crippen LogP contribution in [0, 0.1) is 25.2 Å². The number of aryl methyl sites for hydroxylation is 2. The van der Waals surface area contributed by atoms with Gasteiger partial charge in [0.05, 0.1) is 0 Å². The van der Waals surface area contributed by atoms with Gasteiger partial charge in [0.1, 0.15) is 17.1 Å². The molecule has 0 radical (unpaired) electrons. The Morgan fingerprint density at radius 1 is 1.14 bits per heavy atom. The number of rotatable bonds is 2. The molecule has 0 aliphatic heterocycles. The van der Waals surface area contributed by atoms with Gasteiger partial charge in [-0.1, -0.05) is 18.2 Å². The first kappa shape index (κ1) is 13.1. The number of nitrogens with zero attached hydrogens (tertiary/aromatic N) is 3. The second-order valence-corrected chi connectivity index (χ2v) is 4.81. The molecule has 3 rings (SSSR count). The zero-order valence-electron chi connectivity index (χ0n) is 11.8. The van der Waals surface area contributed by atoms with Crippen molar-refractivity contribution in [2.75, 3.05) is 0 Å². The van der Waals surface area contributed by atoms with Crippen LogP contribution in [-0.4, -0.2) is 9.97 Å². The monoisotopic (exact) mass is 275 g/mol. The Bertz CT molecular complexity index is 860. The molecule has 2 heterocycles. The molecular formula is C17H13N3O.